The monoisotopic (exact) mass is 224 g/mol. The van der Waals surface area contributed by atoms with Crippen LogP contribution in [0.3, 0.4) is 0 Å². The summed E-state index contributed by atoms with van der Waals surface area (Å²) < 4.78 is -0.122. The van der Waals surface area contributed by atoms with Gasteiger partial charge < -0.3 is 11.1 Å². The Morgan fingerprint density at radius 3 is 2.50 bits per heavy atom. The van der Waals surface area contributed by atoms with Crippen molar-refractivity contribution in [3.63, 3.8) is 0 Å². The minimum Gasteiger partial charge on any atom is -0.376 e. The average molecular weight is 225 g/mol. The normalized spacial score (nSPS) is 12.2. The number of hydrogen-bond donors (Lipinski definition) is 2. The topological polar surface area (TPSA) is 55.1 Å². The summed E-state index contributed by atoms with van der Waals surface area (Å²) in [6, 6.07) is -0.294. The summed E-state index contributed by atoms with van der Waals surface area (Å²) >= 11 is 7.36. The van der Waals surface area contributed by atoms with Gasteiger partial charge in [0.1, 0.15) is 0 Å². The van der Waals surface area contributed by atoms with E-state index in [1.54, 1.807) is 0 Å². The van der Waals surface area contributed by atoms with E-state index >= 15 is 0 Å². The molecule has 0 aliphatic carbocycles. The van der Waals surface area contributed by atoms with E-state index in [1.807, 2.05) is 6.92 Å². The van der Waals surface area contributed by atoms with E-state index in [0.717, 1.165) is 0 Å². The molecule has 0 bridgehead atoms. The molecule has 0 heterocycles. The second-order valence-electron chi connectivity index (χ2n) is 1.77. The molecule has 0 rings (SSSR count). The number of nitrogens with two attached hydrogens (primary N) is 1. The summed E-state index contributed by atoms with van der Waals surface area (Å²) in [5.41, 5.74) is 5.15. The van der Waals surface area contributed by atoms with Crippen molar-refractivity contribution < 1.29 is 4.79 Å². The molecule has 58 valence electrons. The van der Waals surface area contributed by atoms with E-state index in [1.165, 1.54) is 0 Å². The van der Waals surface area contributed by atoms with Crippen molar-refractivity contribution in [2.75, 3.05) is 0 Å². The fourth-order valence-electron chi connectivity index (χ4n) is 0.491. The molecular weight excluding hydrogens is 216 g/mol. The van der Waals surface area contributed by atoms with Gasteiger partial charge in [0.15, 0.2) is 5.11 Å². The van der Waals surface area contributed by atoms with E-state index in [2.05, 4.69) is 33.5 Å². The van der Waals surface area contributed by atoms with Gasteiger partial charge in [-0.15, -0.1) is 0 Å². The lowest BCUT2D eigenvalue weighted by Gasteiger charge is -2.11. The summed E-state index contributed by atoms with van der Waals surface area (Å²) in [7, 11) is 0. The Labute approximate surface area is 73.5 Å². The molecule has 0 aliphatic rings. The van der Waals surface area contributed by atoms with Crippen LogP contribution < -0.4 is 11.1 Å². The van der Waals surface area contributed by atoms with E-state index in [9.17, 15) is 4.79 Å². The Morgan fingerprint density at radius 2 is 2.40 bits per heavy atom. The Balaban J connectivity index is 3.83. The van der Waals surface area contributed by atoms with Gasteiger partial charge in [-0.2, -0.15) is 0 Å². The first-order chi connectivity index (χ1) is 4.57. The van der Waals surface area contributed by atoms with Crippen LogP contribution in [0.4, 0.5) is 0 Å². The van der Waals surface area contributed by atoms with Crippen LogP contribution in [0.15, 0.2) is 0 Å². The van der Waals surface area contributed by atoms with Crippen LogP contribution in [0.1, 0.15) is 13.3 Å². The SMILES string of the molecule is CCC(NC(N)=S)C(=O)Br. The number of carbonyl (C=O) groups excluding carboxylic acids is 1. The molecule has 5 heteroatoms. The third kappa shape index (κ3) is 3.79. The average Bonchev–Trinajstić information content (AvgIpc) is 1.81. The second-order valence-corrected chi connectivity index (χ2v) is 2.99. The van der Waals surface area contributed by atoms with Crippen LogP contribution in [0, 0.1) is 0 Å². The molecule has 0 saturated carbocycles. The Morgan fingerprint density at radius 1 is 1.90 bits per heavy atom. The van der Waals surface area contributed by atoms with E-state index in [-0.39, 0.29) is 15.8 Å². The summed E-state index contributed by atoms with van der Waals surface area (Å²) in [4.78, 5) is 10.6. The highest BCUT2D eigenvalue weighted by Gasteiger charge is 2.11. The molecule has 0 saturated heterocycles. The highest BCUT2D eigenvalue weighted by molar-refractivity contribution is 9.18. The summed E-state index contributed by atoms with van der Waals surface area (Å²) in [5, 5.41) is 2.79. The maximum atomic E-state index is 10.6. The Bertz CT molecular complexity index is 151. The van der Waals surface area contributed by atoms with Crippen LogP contribution >= 0.6 is 28.1 Å². The summed E-state index contributed by atoms with van der Waals surface area (Å²) in [6.45, 7) is 1.87. The standard InChI is InChI=1S/C5H9BrN2OS/c1-2-3(4(6)9)8-5(7)10/h3H,2H2,1H3,(H3,7,8,10). The lowest BCUT2D eigenvalue weighted by molar-refractivity contribution is -0.111. The molecule has 10 heavy (non-hydrogen) atoms. The number of hydrogen-bond acceptors (Lipinski definition) is 2. The quantitative estimate of drug-likeness (QED) is 0.543. The van der Waals surface area contributed by atoms with Gasteiger partial charge in [-0.25, -0.2) is 0 Å². The number of rotatable bonds is 3. The van der Waals surface area contributed by atoms with E-state index in [0.29, 0.717) is 6.42 Å². The van der Waals surface area contributed by atoms with Gasteiger partial charge >= 0.3 is 0 Å². The van der Waals surface area contributed by atoms with Crippen molar-refractivity contribution in [3.8, 4) is 0 Å². The lowest BCUT2D eigenvalue weighted by Crippen LogP contribution is -2.41. The van der Waals surface area contributed by atoms with Gasteiger partial charge in [-0.1, -0.05) is 6.92 Å². The zero-order valence-corrected chi connectivity index (χ0v) is 7.96. The molecule has 3 N–H and O–H groups in total. The molecule has 0 amide bonds. The smallest absolute Gasteiger partial charge is 0.219 e. The third-order valence-corrected chi connectivity index (χ3v) is 1.67. The second kappa shape index (κ2) is 4.62. The first-order valence-electron chi connectivity index (χ1n) is 2.83. The molecule has 0 spiro atoms. The lowest BCUT2D eigenvalue weighted by atomic mass is 10.2. The van der Waals surface area contributed by atoms with E-state index < -0.39 is 0 Å². The van der Waals surface area contributed by atoms with Crippen LogP contribution in [-0.4, -0.2) is 15.8 Å². The fraction of sp³-hybridized carbons (Fsp3) is 0.600. The highest BCUT2D eigenvalue weighted by Crippen LogP contribution is 1.97. The number of nitrogens with one attached hydrogen (secondary N) is 1. The van der Waals surface area contributed by atoms with Gasteiger partial charge in [0.2, 0.25) is 4.69 Å². The van der Waals surface area contributed by atoms with Gasteiger partial charge in [0.05, 0.1) is 6.04 Å². The van der Waals surface area contributed by atoms with Crippen LogP contribution in [-0.2, 0) is 4.79 Å². The molecule has 1 atom stereocenters. The third-order valence-electron chi connectivity index (χ3n) is 0.999. The molecule has 0 radical (unpaired) electrons. The van der Waals surface area contributed by atoms with Gasteiger partial charge in [-0.3, -0.25) is 4.79 Å². The first-order valence-corrected chi connectivity index (χ1v) is 4.03. The largest absolute Gasteiger partial charge is 0.376 e. The van der Waals surface area contributed by atoms with Crippen molar-refractivity contribution in [1.82, 2.24) is 5.32 Å². The molecule has 3 nitrogen and oxygen atoms in total. The minimum atomic E-state index is -0.294. The first kappa shape index (κ1) is 9.84. The number of halogens is 1. The fourth-order valence-corrected chi connectivity index (χ4v) is 1.07. The summed E-state index contributed by atoms with van der Waals surface area (Å²) in [6.07, 6.45) is 0.668. The molecule has 0 aromatic carbocycles. The van der Waals surface area contributed by atoms with Gasteiger partial charge in [0.25, 0.3) is 0 Å². The van der Waals surface area contributed by atoms with Gasteiger partial charge in [0, 0.05) is 0 Å². The predicted octanol–water partition coefficient (Wildman–Crippen LogP) is 0.520. The van der Waals surface area contributed by atoms with E-state index in [4.69, 9.17) is 5.73 Å². The van der Waals surface area contributed by atoms with Crippen molar-refractivity contribution >= 4 is 38.0 Å². The van der Waals surface area contributed by atoms with Crippen LogP contribution in [0.2, 0.25) is 0 Å². The Kier molecular flexibility index (Phi) is 4.55. The van der Waals surface area contributed by atoms with Crippen molar-refractivity contribution in [3.05, 3.63) is 0 Å². The molecule has 0 aromatic heterocycles. The van der Waals surface area contributed by atoms with Crippen LogP contribution in [0.5, 0.6) is 0 Å². The predicted molar refractivity (Wildman–Crippen MR) is 47.9 cm³/mol. The summed E-state index contributed by atoms with van der Waals surface area (Å²) in [5.74, 6) is 0. The maximum Gasteiger partial charge on any atom is 0.219 e. The molecular formula is C5H9BrN2OS. The van der Waals surface area contributed by atoms with Crippen molar-refractivity contribution in [2.45, 2.75) is 19.4 Å². The zero-order valence-electron chi connectivity index (χ0n) is 5.56. The minimum absolute atomic E-state index is 0.122. The Hall–Kier alpha value is -0.160. The molecule has 0 fully saturated rings. The molecule has 0 aliphatic heterocycles. The van der Waals surface area contributed by atoms with Crippen LogP contribution in [0.25, 0.3) is 0 Å². The van der Waals surface area contributed by atoms with Crippen molar-refractivity contribution in [1.29, 1.82) is 0 Å². The zero-order chi connectivity index (χ0) is 8.15. The van der Waals surface area contributed by atoms with Gasteiger partial charge in [-0.05, 0) is 34.6 Å². The van der Waals surface area contributed by atoms with Crippen molar-refractivity contribution in [2.24, 2.45) is 5.73 Å². The highest BCUT2D eigenvalue weighted by atomic mass is 79.9. The number of thiocarbonyl (C=S) groups is 1. The molecule has 1 unspecified atom stereocenters. The number of carbonyl (C=O) groups is 1. The maximum absolute atomic E-state index is 10.6. The molecule has 0 aromatic rings.